The Bertz CT molecular complexity index is 1230. The summed E-state index contributed by atoms with van der Waals surface area (Å²) in [6, 6.07) is 5.09. The second-order valence-electron chi connectivity index (χ2n) is 9.53. The molecular weight excluding hydrogens is 408 g/mol. The summed E-state index contributed by atoms with van der Waals surface area (Å²) in [5.41, 5.74) is 2.57. The number of aromatic carboxylic acids is 1. The smallest absolute Gasteiger partial charge is 0.341 e. The number of anilines is 2. The lowest BCUT2D eigenvalue weighted by Gasteiger charge is -2.37. The Morgan fingerprint density at radius 2 is 1.94 bits per heavy atom. The van der Waals surface area contributed by atoms with Gasteiger partial charge in [-0.25, -0.2) is 4.79 Å². The summed E-state index contributed by atoms with van der Waals surface area (Å²) in [6.07, 6.45) is 3.39. The number of carboxylic acid groups (broad SMARTS) is 1. The van der Waals surface area contributed by atoms with Crippen LogP contribution in [0.25, 0.3) is 11.0 Å². The molecule has 8 heteroatoms. The molecule has 170 valence electrons. The van der Waals surface area contributed by atoms with Gasteiger partial charge in [-0.15, -0.1) is 0 Å². The standard InChI is InChI=1S/C24H30N4O4/c1-14-10-16(15(2)26-22-18(23(30)31)13-25-27(22)5)21-17(11-14)19(29)12-20(32-21)28-8-6-24(3,4)7-9-28/h10-13,15,26H,6-9H2,1-5H3,(H,30,31). The molecule has 0 amide bonds. The van der Waals surface area contributed by atoms with Crippen LogP contribution in [-0.4, -0.2) is 33.9 Å². The summed E-state index contributed by atoms with van der Waals surface area (Å²) in [4.78, 5) is 26.7. The van der Waals surface area contributed by atoms with E-state index in [-0.39, 0.29) is 17.0 Å². The third kappa shape index (κ3) is 4.09. The number of aromatic nitrogens is 2. The predicted molar refractivity (Wildman–Crippen MR) is 125 cm³/mol. The van der Waals surface area contributed by atoms with Crippen molar-refractivity contribution in [3.63, 3.8) is 0 Å². The molecule has 0 aliphatic carbocycles. The first-order valence-electron chi connectivity index (χ1n) is 10.9. The number of piperidine rings is 1. The van der Waals surface area contributed by atoms with Crippen LogP contribution in [-0.2, 0) is 7.05 Å². The minimum atomic E-state index is -1.05. The first kappa shape index (κ1) is 21.9. The number of hydrogen-bond donors (Lipinski definition) is 2. The van der Waals surface area contributed by atoms with Crippen LogP contribution < -0.4 is 15.6 Å². The summed E-state index contributed by atoms with van der Waals surface area (Å²) in [6.45, 7) is 10.1. The molecule has 0 radical (unpaired) electrons. The van der Waals surface area contributed by atoms with Gasteiger partial charge in [-0.1, -0.05) is 19.9 Å². The van der Waals surface area contributed by atoms with E-state index in [1.165, 1.54) is 10.9 Å². The van der Waals surface area contributed by atoms with Crippen molar-refractivity contribution in [2.24, 2.45) is 12.5 Å². The van der Waals surface area contributed by atoms with Gasteiger partial charge in [0.15, 0.2) is 11.3 Å². The summed E-state index contributed by atoms with van der Waals surface area (Å²) in [7, 11) is 1.69. The van der Waals surface area contributed by atoms with Crippen LogP contribution in [0.3, 0.4) is 0 Å². The fraction of sp³-hybridized carbons (Fsp3) is 0.458. The Hall–Kier alpha value is -3.29. The van der Waals surface area contributed by atoms with Crippen molar-refractivity contribution in [1.82, 2.24) is 9.78 Å². The van der Waals surface area contributed by atoms with Gasteiger partial charge in [0.2, 0.25) is 0 Å². The van der Waals surface area contributed by atoms with E-state index in [9.17, 15) is 14.7 Å². The van der Waals surface area contributed by atoms with Gasteiger partial charge in [0.05, 0.1) is 17.6 Å². The highest BCUT2D eigenvalue weighted by molar-refractivity contribution is 5.93. The summed E-state index contributed by atoms with van der Waals surface area (Å²) >= 11 is 0. The minimum Gasteiger partial charge on any atom is -0.477 e. The van der Waals surface area contributed by atoms with Crippen LogP contribution >= 0.6 is 0 Å². The quantitative estimate of drug-likeness (QED) is 0.611. The number of hydrogen-bond acceptors (Lipinski definition) is 6. The molecule has 0 bridgehead atoms. The number of rotatable bonds is 5. The van der Waals surface area contributed by atoms with Crippen molar-refractivity contribution in [1.29, 1.82) is 0 Å². The van der Waals surface area contributed by atoms with Crippen molar-refractivity contribution >= 4 is 28.6 Å². The molecule has 2 N–H and O–H groups in total. The Balaban J connectivity index is 1.76. The SMILES string of the molecule is Cc1cc(C(C)Nc2c(C(=O)O)cnn2C)c2oc(N3CCC(C)(C)CC3)cc(=O)c2c1. The van der Waals surface area contributed by atoms with Gasteiger partial charge in [0.25, 0.3) is 0 Å². The van der Waals surface area contributed by atoms with Crippen LogP contribution in [0.4, 0.5) is 11.7 Å². The third-order valence-corrected chi connectivity index (χ3v) is 6.41. The maximum Gasteiger partial charge on any atom is 0.341 e. The molecular formula is C24H30N4O4. The van der Waals surface area contributed by atoms with Crippen molar-refractivity contribution in [2.45, 2.75) is 46.6 Å². The van der Waals surface area contributed by atoms with Gasteiger partial charge in [-0.2, -0.15) is 5.10 Å². The fourth-order valence-corrected chi connectivity index (χ4v) is 4.28. The molecule has 1 unspecified atom stereocenters. The zero-order chi connectivity index (χ0) is 23.2. The molecule has 1 fully saturated rings. The topological polar surface area (TPSA) is 101 Å². The molecule has 8 nitrogen and oxygen atoms in total. The van der Waals surface area contributed by atoms with E-state index >= 15 is 0 Å². The van der Waals surface area contributed by atoms with Gasteiger partial charge in [0, 0.05) is 31.8 Å². The van der Waals surface area contributed by atoms with Crippen molar-refractivity contribution in [3.05, 3.63) is 51.3 Å². The fourth-order valence-electron chi connectivity index (χ4n) is 4.28. The number of carbonyl (C=O) groups is 1. The number of nitrogens with zero attached hydrogens (tertiary/aromatic N) is 3. The van der Waals surface area contributed by atoms with Gasteiger partial charge < -0.3 is 19.7 Å². The van der Waals surface area contributed by atoms with E-state index in [1.807, 2.05) is 26.0 Å². The van der Waals surface area contributed by atoms with Crippen LogP contribution in [0.15, 0.2) is 33.6 Å². The van der Waals surface area contributed by atoms with E-state index < -0.39 is 5.97 Å². The zero-order valence-electron chi connectivity index (χ0n) is 19.2. The maximum absolute atomic E-state index is 13.0. The lowest BCUT2D eigenvalue weighted by Crippen LogP contribution is -2.37. The first-order valence-corrected chi connectivity index (χ1v) is 10.9. The molecule has 1 aromatic carbocycles. The Kier molecular flexibility index (Phi) is 5.48. The summed E-state index contributed by atoms with van der Waals surface area (Å²) < 4.78 is 7.83. The van der Waals surface area contributed by atoms with Crippen molar-refractivity contribution in [3.8, 4) is 0 Å². The molecule has 0 saturated carbocycles. The number of carboxylic acids is 1. The van der Waals surface area contributed by atoms with Crippen molar-refractivity contribution in [2.75, 3.05) is 23.3 Å². The van der Waals surface area contributed by atoms with E-state index in [2.05, 4.69) is 29.2 Å². The van der Waals surface area contributed by atoms with Crippen molar-refractivity contribution < 1.29 is 14.3 Å². The van der Waals surface area contributed by atoms with E-state index in [1.54, 1.807) is 13.1 Å². The highest BCUT2D eigenvalue weighted by Gasteiger charge is 2.27. The van der Waals surface area contributed by atoms with Crippen LogP contribution in [0.5, 0.6) is 0 Å². The molecule has 1 atom stereocenters. The Labute approximate surface area is 186 Å². The number of fused-ring (bicyclic) bond motifs is 1. The molecule has 2 aromatic heterocycles. The predicted octanol–water partition coefficient (Wildman–Crippen LogP) is 4.33. The van der Waals surface area contributed by atoms with Gasteiger partial charge >= 0.3 is 5.97 Å². The lowest BCUT2D eigenvalue weighted by molar-refractivity contribution is 0.0698. The van der Waals surface area contributed by atoms with Gasteiger partial charge in [-0.3, -0.25) is 9.48 Å². The molecule has 1 saturated heterocycles. The number of nitrogens with one attached hydrogen (secondary N) is 1. The van der Waals surface area contributed by atoms with Crippen LogP contribution in [0, 0.1) is 12.3 Å². The van der Waals surface area contributed by atoms with Crippen LogP contribution in [0.1, 0.15) is 61.1 Å². The molecule has 1 aliphatic rings. The maximum atomic E-state index is 13.0. The van der Waals surface area contributed by atoms with Crippen LogP contribution in [0.2, 0.25) is 0 Å². The zero-order valence-corrected chi connectivity index (χ0v) is 19.2. The highest BCUT2D eigenvalue weighted by atomic mass is 16.4. The second-order valence-corrected chi connectivity index (χ2v) is 9.53. The largest absolute Gasteiger partial charge is 0.477 e. The molecule has 3 heterocycles. The van der Waals surface area contributed by atoms with E-state index in [0.717, 1.165) is 37.1 Å². The normalized spacial score (nSPS) is 16.8. The van der Waals surface area contributed by atoms with Gasteiger partial charge in [-0.05, 0) is 43.7 Å². The Morgan fingerprint density at radius 1 is 1.25 bits per heavy atom. The Morgan fingerprint density at radius 3 is 2.59 bits per heavy atom. The molecule has 0 spiro atoms. The lowest BCUT2D eigenvalue weighted by atomic mass is 9.83. The third-order valence-electron chi connectivity index (χ3n) is 6.41. The molecule has 1 aliphatic heterocycles. The average Bonchev–Trinajstić information content (AvgIpc) is 3.08. The highest BCUT2D eigenvalue weighted by Crippen LogP contribution is 2.34. The average molecular weight is 439 g/mol. The van der Waals surface area contributed by atoms with E-state index in [4.69, 9.17) is 4.42 Å². The second kappa shape index (κ2) is 8.00. The molecule has 32 heavy (non-hydrogen) atoms. The number of aryl methyl sites for hydroxylation is 2. The number of benzene rings is 1. The minimum absolute atomic E-state index is 0.0741. The summed E-state index contributed by atoms with van der Waals surface area (Å²) in [5.74, 6) is -0.0674. The monoisotopic (exact) mass is 438 g/mol. The first-order chi connectivity index (χ1) is 15.1. The van der Waals surface area contributed by atoms with E-state index in [0.29, 0.717) is 28.1 Å². The molecule has 3 aromatic rings. The van der Waals surface area contributed by atoms with Gasteiger partial charge in [0.1, 0.15) is 17.0 Å². The summed E-state index contributed by atoms with van der Waals surface area (Å²) in [5, 5.41) is 17.3. The molecule has 4 rings (SSSR count).